The molecule has 1 aliphatic carbocycles. The van der Waals surface area contributed by atoms with Crippen LogP contribution in [0.1, 0.15) is 253 Å². The van der Waals surface area contributed by atoms with Crippen molar-refractivity contribution in [1.29, 1.82) is 0 Å². The molecule has 3 fully saturated rings. The van der Waals surface area contributed by atoms with Crippen molar-refractivity contribution in [3.8, 4) is 0 Å². The van der Waals surface area contributed by atoms with Gasteiger partial charge in [0.2, 0.25) is 11.9 Å². The molecular weight excluding hydrogens is 1000 g/mol. The predicted molar refractivity (Wildman–Crippen MR) is 341 cm³/mol. The summed E-state index contributed by atoms with van der Waals surface area (Å²) in [4.78, 5) is 32.9. The topological polar surface area (TPSA) is 107 Å². The molecule has 4 aromatic rings. The van der Waals surface area contributed by atoms with E-state index in [1.165, 1.54) is 89.2 Å². The van der Waals surface area contributed by atoms with Crippen molar-refractivity contribution < 1.29 is 27.8 Å². The number of benzene rings is 2. The molecule has 2 aliphatic heterocycles. The van der Waals surface area contributed by atoms with E-state index in [2.05, 4.69) is 97.5 Å². The largest absolute Gasteiger partial charge is 0.497 e. The number of halogens is 2. The number of fused-ring (bicyclic) bond motifs is 1. The zero-order valence-electron chi connectivity index (χ0n) is 54.8. The molecule has 80 heavy (non-hydrogen) atoms. The summed E-state index contributed by atoms with van der Waals surface area (Å²) in [5.41, 5.74) is 8.16. The average molecular weight is 1120 g/mol. The number of unbranched alkanes of at least 4 members (excludes halogenated alkanes) is 1. The summed E-state index contributed by atoms with van der Waals surface area (Å²) in [6, 6.07) is 13.1. The molecule has 4 heterocycles. The third kappa shape index (κ3) is 31.9. The van der Waals surface area contributed by atoms with Crippen molar-refractivity contribution in [3.05, 3.63) is 106 Å². The van der Waals surface area contributed by atoms with Gasteiger partial charge < -0.3 is 19.4 Å². The number of allylic oxidation sites excluding steroid dienone is 3. The standard InChI is InChI=1S/C27H34N4O2.C10H22.C9H18O.C7H6F2.C6H9NO.C4H10.3C2H6/c1-6-25(33-16-20-9-7-8-10-20)19(4)23-15-21(14-18(3)28-23)26(32)30-27-29-22-12-11-17(2)13-24(22)31(27)5;1-5-6-10(4)8-7-9(2)3;1-4-9(5-8(2)3)6-10-7-9;1-5-2-6(8)4-7(9)3-5;1-5-3-2-4-6(8)7-5;1-3-4-2;3*1-2/h11-15,20H,6-10,16H2,1-5H3,(H,29,30,32);9-10H,5-8H2,1-4H3;8H,4-7H2,1-3H3;2-4H,1H3;1-4H2,(H,7,8);3-4H2,1-2H3;3*1-2H3/b25-19-;;;;;;;;. The molecule has 1 unspecified atom stereocenters. The first-order valence-electron chi connectivity index (χ1n) is 31.1. The molecule has 0 bridgehead atoms. The molecule has 2 aromatic carbocycles. The van der Waals surface area contributed by atoms with Gasteiger partial charge in [0.25, 0.3) is 5.91 Å². The van der Waals surface area contributed by atoms with E-state index in [4.69, 9.17) is 14.5 Å². The van der Waals surface area contributed by atoms with Crippen LogP contribution in [0.15, 0.2) is 66.6 Å². The van der Waals surface area contributed by atoms with Crippen LogP contribution in [0.5, 0.6) is 0 Å². The van der Waals surface area contributed by atoms with Crippen LogP contribution in [-0.2, 0) is 21.3 Å². The van der Waals surface area contributed by atoms with E-state index in [0.29, 0.717) is 34.8 Å². The Morgan fingerprint density at radius 1 is 0.787 bits per heavy atom. The number of pyridine rings is 1. The third-order valence-corrected chi connectivity index (χ3v) is 13.7. The first kappa shape index (κ1) is 77.2. The SMILES string of the molecule is C=C1CCCC(=O)N1.CC.CC.CC.CC/C(OCC1CCCC1)=C(\C)c1cc(C(=O)Nc2nc3ccc(C)cc3n2C)cc(C)n1.CCC1(CC(C)C)COC1.CCCC.CCCC(C)CCC(C)C.Cc1cc(F)cc(F)c1. The molecule has 3 aliphatic rings. The highest BCUT2D eigenvalue weighted by Gasteiger charge is 2.36. The smallest absolute Gasteiger partial charge is 0.258 e. The molecule has 9 nitrogen and oxygen atoms in total. The number of aromatic nitrogens is 3. The van der Waals surface area contributed by atoms with E-state index in [0.717, 1.165) is 108 Å². The molecule has 1 atom stereocenters. The molecule has 2 amide bonds. The zero-order chi connectivity index (χ0) is 61.4. The van der Waals surface area contributed by atoms with Crippen LogP contribution >= 0.6 is 0 Å². The molecule has 456 valence electrons. The number of piperidine rings is 1. The summed E-state index contributed by atoms with van der Waals surface area (Å²) in [6.07, 6.45) is 19.3. The Kier molecular flexibility index (Phi) is 43.1. The lowest BCUT2D eigenvalue weighted by Crippen LogP contribution is -2.42. The highest BCUT2D eigenvalue weighted by Crippen LogP contribution is 2.37. The molecule has 2 N–H and O–H groups in total. The maximum Gasteiger partial charge on any atom is 0.258 e. The number of nitrogens with one attached hydrogen (secondary N) is 2. The normalized spacial score (nSPS) is 14.6. The second kappa shape index (κ2) is 44.7. The number of hydrogen-bond acceptors (Lipinski definition) is 6. The van der Waals surface area contributed by atoms with E-state index < -0.39 is 11.6 Å². The van der Waals surface area contributed by atoms with Gasteiger partial charge in [0.1, 0.15) is 17.4 Å². The number of imidazole rings is 1. The summed E-state index contributed by atoms with van der Waals surface area (Å²) in [5.74, 6) is 3.67. The predicted octanol–water partition coefficient (Wildman–Crippen LogP) is 20.5. The highest BCUT2D eigenvalue weighted by molar-refractivity contribution is 6.04. The number of hydrogen-bond donors (Lipinski definition) is 2. The lowest BCUT2D eigenvalue weighted by Gasteiger charge is -2.42. The lowest BCUT2D eigenvalue weighted by atomic mass is 9.76. The van der Waals surface area contributed by atoms with Gasteiger partial charge in [-0.05, 0) is 137 Å². The van der Waals surface area contributed by atoms with Gasteiger partial charge in [-0.25, -0.2) is 13.8 Å². The number of carbonyl (C=O) groups is 2. The second-order valence-electron chi connectivity index (χ2n) is 21.9. The maximum atomic E-state index is 13.1. The van der Waals surface area contributed by atoms with Gasteiger partial charge in [-0.15, -0.1) is 0 Å². The Hall–Kier alpha value is -4.90. The maximum absolute atomic E-state index is 13.1. The highest BCUT2D eigenvalue weighted by atomic mass is 19.1. The van der Waals surface area contributed by atoms with Crippen LogP contribution in [0.4, 0.5) is 14.7 Å². The summed E-state index contributed by atoms with van der Waals surface area (Å²) in [7, 11) is 1.91. The van der Waals surface area contributed by atoms with Crippen LogP contribution in [0.3, 0.4) is 0 Å². The fourth-order valence-corrected chi connectivity index (χ4v) is 9.05. The molecule has 0 spiro atoms. The van der Waals surface area contributed by atoms with Gasteiger partial charge in [0, 0.05) is 53.9 Å². The lowest BCUT2D eigenvalue weighted by molar-refractivity contribution is -0.124. The van der Waals surface area contributed by atoms with Crippen LogP contribution in [0.25, 0.3) is 16.6 Å². The number of amides is 2. The summed E-state index contributed by atoms with van der Waals surface area (Å²) >= 11 is 0. The Bertz CT molecular complexity index is 2250. The summed E-state index contributed by atoms with van der Waals surface area (Å²) < 4.78 is 37.7. The van der Waals surface area contributed by atoms with Crippen molar-refractivity contribution in [2.24, 2.45) is 36.1 Å². The van der Waals surface area contributed by atoms with Crippen LogP contribution in [-0.4, -0.2) is 46.2 Å². The van der Waals surface area contributed by atoms with Gasteiger partial charge in [0.15, 0.2) is 0 Å². The quantitative estimate of drug-likeness (QED) is 0.108. The first-order chi connectivity index (χ1) is 38.1. The van der Waals surface area contributed by atoms with Crippen LogP contribution < -0.4 is 10.6 Å². The second-order valence-corrected chi connectivity index (χ2v) is 21.9. The van der Waals surface area contributed by atoms with Crippen molar-refractivity contribution >= 4 is 34.4 Å². The van der Waals surface area contributed by atoms with Gasteiger partial charge in [-0.3, -0.25) is 19.9 Å². The number of aryl methyl sites for hydroxylation is 4. The van der Waals surface area contributed by atoms with E-state index in [1.807, 2.05) is 98.2 Å². The van der Waals surface area contributed by atoms with Gasteiger partial charge >= 0.3 is 0 Å². The molecule has 1 saturated carbocycles. The molecule has 0 radical (unpaired) electrons. The number of rotatable bonds is 16. The Balaban J connectivity index is 0. The Morgan fingerprint density at radius 3 is 1.82 bits per heavy atom. The van der Waals surface area contributed by atoms with Crippen molar-refractivity contribution in [2.45, 2.75) is 241 Å². The first-order valence-corrected chi connectivity index (χ1v) is 31.1. The summed E-state index contributed by atoms with van der Waals surface area (Å²) in [5, 5.41) is 5.62. The zero-order valence-corrected chi connectivity index (χ0v) is 54.8. The average Bonchev–Trinajstić information content (AvgIpc) is 4.06. The minimum atomic E-state index is -0.521. The van der Waals surface area contributed by atoms with Gasteiger partial charge in [-0.1, -0.05) is 175 Å². The van der Waals surface area contributed by atoms with Crippen LogP contribution in [0, 0.1) is 61.5 Å². The number of carbonyl (C=O) groups excluding carboxylic acids is 2. The monoisotopic (exact) mass is 1120 g/mol. The number of nitrogens with zero attached hydrogens (tertiary/aromatic N) is 3. The van der Waals surface area contributed by atoms with E-state index in [1.54, 1.807) is 6.92 Å². The number of anilines is 1. The van der Waals surface area contributed by atoms with Crippen LogP contribution in [0.2, 0.25) is 0 Å². The fourth-order valence-electron chi connectivity index (χ4n) is 9.05. The molecule has 2 aromatic heterocycles. The van der Waals surface area contributed by atoms with E-state index in [9.17, 15) is 18.4 Å². The molecule has 11 heteroatoms. The summed E-state index contributed by atoms with van der Waals surface area (Å²) in [6.45, 7) is 48.6. The minimum absolute atomic E-state index is 0.112. The Morgan fingerprint density at radius 2 is 1.39 bits per heavy atom. The van der Waals surface area contributed by atoms with Crippen molar-refractivity contribution in [3.63, 3.8) is 0 Å². The van der Waals surface area contributed by atoms with Gasteiger partial charge in [-0.2, -0.15) is 0 Å². The molecule has 7 rings (SSSR count). The van der Waals surface area contributed by atoms with E-state index >= 15 is 0 Å². The fraction of sp³-hybridized carbons (Fsp3) is 0.652. The minimum Gasteiger partial charge on any atom is -0.497 e. The van der Waals surface area contributed by atoms with Crippen molar-refractivity contribution in [2.75, 3.05) is 25.1 Å². The molecule has 2 saturated heterocycles. The Labute approximate surface area is 488 Å². The van der Waals surface area contributed by atoms with Crippen molar-refractivity contribution in [1.82, 2.24) is 19.9 Å². The van der Waals surface area contributed by atoms with Gasteiger partial charge in [0.05, 0.1) is 36.5 Å². The molecular formula is C69H117F2N5O4. The van der Waals surface area contributed by atoms with E-state index in [-0.39, 0.29) is 11.8 Å². The third-order valence-electron chi connectivity index (χ3n) is 13.7. The number of ether oxygens (including phenoxy) is 2.